The van der Waals surface area contributed by atoms with Crippen molar-refractivity contribution in [2.75, 3.05) is 25.2 Å². The van der Waals surface area contributed by atoms with Crippen molar-refractivity contribution in [1.82, 2.24) is 0 Å². The average Bonchev–Trinajstić information content (AvgIpc) is 3.13. The van der Waals surface area contributed by atoms with Crippen LogP contribution in [0.3, 0.4) is 0 Å². The van der Waals surface area contributed by atoms with Gasteiger partial charge in [0.2, 0.25) is 5.91 Å². The topological polar surface area (TPSA) is 116 Å². The average molecular weight is 477 g/mol. The summed E-state index contributed by atoms with van der Waals surface area (Å²) in [6.45, 7) is -0.398. The Hall–Kier alpha value is -3.27. The van der Waals surface area contributed by atoms with Gasteiger partial charge in [-0.3, -0.25) is 24.5 Å². The molecule has 1 amide bonds. The van der Waals surface area contributed by atoms with Crippen LogP contribution < -0.4 is 9.64 Å². The van der Waals surface area contributed by atoms with E-state index in [0.29, 0.717) is 11.3 Å². The van der Waals surface area contributed by atoms with E-state index in [1.54, 1.807) is 24.3 Å². The minimum atomic E-state index is -0.755. The lowest BCUT2D eigenvalue weighted by Crippen LogP contribution is -2.27. The van der Waals surface area contributed by atoms with Crippen LogP contribution >= 0.6 is 15.9 Å². The molecule has 0 spiro atoms. The molecule has 0 radical (unpaired) electrons. The monoisotopic (exact) mass is 476 g/mol. The number of ketones is 1. The van der Waals surface area contributed by atoms with Crippen LogP contribution in [0.5, 0.6) is 5.75 Å². The number of esters is 1. The SMILES string of the molecule is COc1cc([N+](=O)[O-])ccc1N1C[C@H](C(=O)OCC(=O)c2ccc(Br)cc2)CC1=O. The quantitative estimate of drug-likeness (QED) is 0.260. The first-order chi connectivity index (χ1) is 14.3. The van der Waals surface area contributed by atoms with Crippen molar-refractivity contribution in [2.45, 2.75) is 6.42 Å². The maximum absolute atomic E-state index is 12.4. The van der Waals surface area contributed by atoms with Crippen molar-refractivity contribution in [3.8, 4) is 5.75 Å². The number of ether oxygens (including phenoxy) is 2. The van der Waals surface area contributed by atoms with Crippen molar-refractivity contribution in [3.05, 3.63) is 62.6 Å². The normalized spacial score (nSPS) is 15.7. The van der Waals surface area contributed by atoms with Gasteiger partial charge in [-0.2, -0.15) is 0 Å². The molecule has 1 saturated heterocycles. The fourth-order valence-electron chi connectivity index (χ4n) is 3.07. The van der Waals surface area contributed by atoms with Crippen molar-refractivity contribution < 1.29 is 28.8 Å². The second-order valence-electron chi connectivity index (χ2n) is 6.56. The number of nitro groups is 1. The van der Waals surface area contributed by atoms with E-state index < -0.39 is 23.4 Å². The lowest BCUT2D eigenvalue weighted by atomic mass is 10.1. The zero-order chi connectivity index (χ0) is 21.8. The number of hydrogen-bond acceptors (Lipinski definition) is 7. The maximum Gasteiger partial charge on any atom is 0.311 e. The molecule has 9 nitrogen and oxygen atoms in total. The number of benzene rings is 2. The highest BCUT2D eigenvalue weighted by molar-refractivity contribution is 9.10. The second kappa shape index (κ2) is 9.04. The molecular weight excluding hydrogens is 460 g/mol. The molecule has 2 aromatic rings. The lowest BCUT2D eigenvalue weighted by Gasteiger charge is -2.19. The highest BCUT2D eigenvalue weighted by Crippen LogP contribution is 2.36. The number of nitro benzene ring substituents is 1. The highest BCUT2D eigenvalue weighted by atomic mass is 79.9. The third kappa shape index (κ3) is 4.65. The molecule has 0 saturated carbocycles. The van der Waals surface area contributed by atoms with E-state index in [1.165, 1.54) is 30.2 Å². The van der Waals surface area contributed by atoms with Gasteiger partial charge >= 0.3 is 5.97 Å². The third-order valence-corrected chi connectivity index (χ3v) is 5.16. The first-order valence-corrected chi connectivity index (χ1v) is 9.67. The van der Waals surface area contributed by atoms with Crippen molar-refractivity contribution in [2.24, 2.45) is 5.92 Å². The van der Waals surface area contributed by atoms with Crippen molar-refractivity contribution in [1.29, 1.82) is 0 Å². The zero-order valence-corrected chi connectivity index (χ0v) is 17.5. The number of hydrogen-bond donors (Lipinski definition) is 0. The van der Waals surface area contributed by atoms with Crippen LogP contribution in [0.15, 0.2) is 46.9 Å². The van der Waals surface area contributed by atoms with Crippen LogP contribution in [0, 0.1) is 16.0 Å². The summed E-state index contributed by atoms with van der Waals surface area (Å²) >= 11 is 3.28. The van der Waals surface area contributed by atoms with E-state index in [-0.39, 0.29) is 36.1 Å². The van der Waals surface area contributed by atoms with Gasteiger partial charge in [0.05, 0.1) is 29.7 Å². The second-order valence-corrected chi connectivity index (χ2v) is 7.47. The molecule has 1 heterocycles. The number of anilines is 1. The van der Waals surface area contributed by atoms with Gasteiger partial charge in [0.15, 0.2) is 12.4 Å². The van der Waals surface area contributed by atoms with E-state index in [1.807, 2.05) is 0 Å². The molecule has 1 aliphatic heterocycles. The first kappa shape index (κ1) is 21.4. The summed E-state index contributed by atoms with van der Waals surface area (Å²) in [4.78, 5) is 48.6. The number of methoxy groups -OCH3 is 1. The number of rotatable bonds is 7. The maximum atomic E-state index is 12.4. The molecule has 0 bridgehead atoms. The van der Waals surface area contributed by atoms with Crippen LogP contribution in [0.2, 0.25) is 0 Å². The number of Topliss-reactive ketones (excluding diaryl/α,β-unsaturated/α-hetero) is 1. The Kier molecular flexibility index (Phi) is 6.46. The predicted octanol–water partition coefficient (Wildman–Crippen LogP) is 3.14. The van der Waals surface area contributed by atoms with Crippen molar-refractivity contribution in [3.63, 3.8) is 0 Å². The summed E-state index contributed by atoms with van der Waals surface area (Å²) in [5.41, 5.74) is 0.560. The third-order valence-electron chi connectivity index (χ3n) is 4.64. The van der Waals surface area contributed by atoms with Crippen LogP contribution in [0.4, 0.5) is 11.4 Å². The van der Waals surface area contributed by atoms with Crippen LogP contribution in [0.25, 0.3) is 0 Å². The molecule has 30 heavy (non-hydrogen) atoms. The summed E-state index contributed by atoms with van der Waals surface area (Å²) in [6, 6.07) is 10.5. The Morgan fingerprint density at radius 3 is 2.57 bits per heavy atom. The van der Waals surface area contributed by atoms with Gasteiger partial charge < -0.3 is 14.4 Å². The van der Waals surface area contributed by atoms with E-state index in [9.17, 15) is 24.5 Å². The highest BCUT2D eigenvalue weighted by Gasteiger charge is 2.37. The lowest BCUT2D eigenvalue weighted by molar-refractivity contribution is -0.384. The molecule has 0 aliphatic carbocycles. The van der Waals surface area contributed by atoms with E-state index in [0.717, 1.165) is 4.47 Å². The van der Waals surface area contributed by atoms with E-state index in [4.69, 9.17) is 9.47 Å². The van der Waals surface area contributed by atoms with E-state index >= 15 is 0 Å². The van der Waals surface area contributed by atoms with Crippen LogP contribution in [0.1, 0.15) is 16.8 Å². The summed E-state index contributed by atoms with van der Waals surface area (Å²) in [5.74, 6) is -1.96. The molecule has 156 valence electrons. The van der Waals surface area contributed by atoms with Gasteiger partial charge in [-0.15, -0.1) is 0 Å². The Labute approximate surface area is 179 Å². The number of nitrogens with zero attached hydrogens (tertiary/aromatic N) is 2. The molecule has 1 atom stereocenters. The number of carbonyl (C=O) groups excluding carboxylic acids is 3. The van der Waals surface area contributed by atoms with Gasteiger partial charge in [0.1, 0.15) is 5.75 Å². The smallest absolute Gasteiger partial charge is 0.311 e. The zero-order valence-electron chi connectivity index (χ0n) is 15.9. The Morgan fingerprint density at radius 2 is 1.93 bits per heavy atom. The summed E-state index contributed by atoms with van der Waals surface area (Å²) in [6.07, 6.45) is -0.0918. The number of amides is 1. The first-order valence-electron chi connectivity index (χ1n) is 8.88. The van der Waals surface area contributed by atoms with Crippen LogP contribution in [-0.4, -0.2) is 42.8 Å². The van der Waals surface area contributed by atoms with E-state index in [2.05, 4.69) is 15.9 Å². The predicted molar refractivity (Wildman–Crippen MR) is 110 cm³/mol. The minimum Gasteiger partial charge on any atom is -0.494 e. The van der Waals surface area contributed by atoms with Gasteiger partial charge in [0, 0.05) is 29.1 Å². The van der Waals surface area contributed by atoms with Crippen molar-refractivity contribution >= 4 is 45.0 Å². The largest absolute Gasteiger partial charge is 0.494 e. The minimum absolute atomic E-state index is 0.0261. The Balaban J connectivity index is 1.65. The molecule has 2 aromatic carbocycles. The fraction of sp³-hybridized carbons (Fsp3) is 0.250. The molecule has 10 heteroatoms. The molecular formula is C20H17BrN2O7. The molecule has 1 aliphatic rings. The molecule has 1 fully saturated rings. The fourth-order valence-corrected chi connectivity index (χ4v) is 3.34. The molecule has 0 unspecified atom stereocenters. The number of halogens is 1. The standard InChI is InChI=1S/C20H17BrN2O7/c1-29-18-9-15(23(27)28)6-7-16(18)22-10-13(8-19(22)25)20(26)30-11-17(24)12-2-4-14(21)5-3-12/h2-7,9,13H,8,10-11H2,1H3/t13-/m1/s1. The van der Waals surface area contributed by atoms with Gasteiger partial charge in [-0.05, 0) is 18.2 Å². The number of non-ortho nitro benzene ring substituents is 1. The molecule has 0 N–H and O–H groups in total. The molecule has 0 aromatic heterocycles. The van der Waals surface area contributed by atoms with Gasteiger partial charge in [-0.1, -0.05) is 28.1 Å². The Morgan fingerprint density at radius 1 is 1.23 bits per heavy atom. The number of carbonyl (C=O) groups is 3. The van der Waals surface area contributed by atoms with Crippen LogP contribution in [-0.2, 0) is 14.3 Å². The molecule has 3 rings (SSSR count). The summed E-state index contributed by atoms with van der Waals surface area (Å²) in [7, 11) is 1.34. The van der Waals surface area contributed by atoms with Gasteiger partial charge in [0.25, 0.3) is 5.69 Å². The Bertz CT molecular complexity index is 1010. The summed E-state index contributed by atoms with van der Waals surface area (Å²) < 4.78 is 11.1. The van der Waals surface area contributed by atoms with Gasteiger partial charge in [-0.25, -0.2) is 0 Å². The summed E-state index contributed by atoms with van der Waals surface area (Å²) in [5, 5.41) is 10.9.